The summed E-state index contributed by atoms with van der Waals surface area (Å²) in [4.78, 5) is 21.3. The van der Waals surface area contributed by atoms with Crippen molar-refractivity contribution in [3.8, 4) is 0 Å². The van der Waals surface area contributed by atoms with Crippen LogP contribution in [0.4, 0.5) is 5.69 Å². The summed E-state index contributed by atoms with van der Waals surface area (Å²) in [5.41, 5.74) is 2.85. The molecule has 152 valence electrons. The highest BCUT2D eigenvalue weighted by atomic mass is 32.2. The molecule has 29 heavy (non-hydrogen) atoms. The molecule has 0 bridgehead atoms. The SMILES string of the molecule is C[C@@H]1Cc2ccccc2N1C(=O)COn1nnc2ccc(S(=O)(=O)N(C)C)cc21. The molecule has 0 spiro atoms. The summed E-state index contributed by atoms with van der Waals surface area (Å²) in [5.74, 6) is -0.205. The Labute approximate surface area is 168 Å². The minimum atomic E-state index is -3.61. The number of hydrogen-bond donors (Lipinski definition) is 0. The lowest BCUT2D eigenvalue weighted by atomic mass is 10.1. The molecule has 0 unspecified atom stereocenters. The third-order valence-corrected chi connectivity index (χ3v) is 6.76. The Kier molecular flexibility index (Phi) is 4.75. The fourth-order valence-electron chi connectivity index (χ4n) is 3.48. The molecule has 1 aliphatic heterocycles. The van der Waals surface area contributed by atoms with Crippen LogP contribution >= 0.6 is 0 Å². The summed E-state index contributed by atoms with van der Waals surface area (Å²) in [5, 5.41) is 7.86. The van der Waals surface area contributed by atoms with Gasteiger partial charge >= 0.3 is 0 Å². The Morgan fingerprint density at radius 2 is 2.00 bits per heavy atom. The van der Waals surface area contributed by atoms with E-state index in [-0.39, 0.29) is 23.5 Å². The van der Waals surface area contributed by atoms with Gasteiger partial charge in [0.25, 0.3) is 5.91 Å². The topological polar surface area (TPSA) is 97.6 Å². The van der Waals surface area contributed by atoms with Gasteiger partial charge in [-0.1, -0.05) is 23.0 Å². The van der Waals surface area contributed by atoms with E-state index in [0.717, 1.165) is 26.8 Å². The zero-order valence-electron chi connectivity index (χ0n) is 16.3. The minimum absolute atomic E-state index is 0.0350. The summed E-state index contributed by atoms with van der Waals surface area (Å²) >= 11 is 0. The van der Waals surface area contributed by atoms with Gasteiger partial charge in [-0.3, -0.25) is 4.79 Å². The number of sulfonamides is 1. The van der Waals surface area contributed by atoms with E-state index < -0.39 is 10.0 Å². The quantitative estimate of drug-likeness (QED) is 0.619. The second-order valence-corrected chi connectivity index (χ2v) is 9.27. The predicted octanol–water partition coefficient (Wildman–Crippen LogP) is 1.09. The van der Waals surface area contributed by atoms with E-state index in [1.807, 2.05) is 31.2 Å². The van der Waals surface area contributed by atoms with Gasteiger partial charge in [-0.05, 0) is 48.4 Å². The number of aromatic nitrogens is 3. The number of carbonyl (C=O) groups is 1. The molecule has 0 radical (unpaired) electrons. The number of amides is 1. The first kappa shape index (κ1) is 19.3. The molecule has 4 rings (SSSR count). The largest absolute Gasteiger partial charge is 0.385 e. The first-order valence-electron chi connectivity index (χ1n) is 9.10. The highest BCUT2D eigenvalue weighted by molar-refractivity contribution is 7.89. The molecular weight excluding hydrogens is 394 g/mol. The zero-order chi connectivity index (χ0) is 20.8. The Bertz CT molecular complexity index is 1190. The third-order valence-electron chi connectivity index (χ3n) is 4.95. The number of fused-ring (bicyclic) bond motifs is 2. The normalized spacial score (nSPS) is 16.4. The number of para-hydroxylation sites is 1. The molecule has 1 amide bonds. The molecule has 10 heteroatoms. The van der Waals surface area contributed by atoms with E-state index in [1.54, 1.807) is 11.0 Å². The van der Waals surface area contributed by atoms with Gasteiger partial charge in [0.15, 0.2) is 6.61 Å². The summed E-state index contributed by atoms with van der Waals surface area (Å²) < 4.78 is 25.9. The maximum Gasteiger partial charge on any atom is 0.268 e. The number of rotatable bonds is 5. The van der Waals surface area contributed by atoms with Crippen LogP contribution in [0.3, 0.4) is 0 Å². The molecule has 1 aliphatic rings. The van der Waals surface area contributed by atoms with Crippen LogP contribution in [0, 0.1) is 0 Å². The van der Waals surface area contributed by atoms with E-state index in [2.05, 4.69) is 10.3 Å². The van der Waals surface area contributed by atoms with Crippen LogP contribution in [0.25, 0.3) is 11.0 Å². The fourth-order valence-corrected chi connectivity index (χ4v) is 4.40. The number of carbonyl (C=O) groups excluding carboxylic acids is 1. The Balaban J connectivity index is 1.57. The van der Waals surface area contributed by atoms with Crippen LogP contribution in [0.5, 0.6) is 0 Å². The molecule has 0 saturated carbocycles. The van der Waals surface area contributed by atoms with Crippen molar-refractivity contribution < 1.29 is 18.0 Å². The average molecular weight is 415 g/mol. The average Bonchev–Trinajstić information content (AvgIpc) is 3.25. The lowest BCUT2D eigenvalue weighted by Crippen LogP contribution is -2.40. The summed E-state index contributed by atoms with van der Waals surface area (Å²) in [6.45, 7) is 1.74. The van der Waals surface area contributed by atoms with Gasteiger partial charge in [-0.25, -0.2) is 12.7 Å². The molecule has 0 fully saturated rings. The van der Waals surface area contributed by atoms with E-state index in [4.69, 9.17) is 4.84 Å². The summed E-state index contributed by atoms with van der Waals surface area (Å²) in [7, 11) is -0.699. The maximum atomic E-state index is 12.8. The van der Waals surface area contributed by atoms with E-state index >= 15 is 0 Å². The van der Waals surface area contributed by atoms with Crippen molar-refractivity contribution in [3.05, 3.63) is 48.0 Å². The molecule has 9 nitrogen and oxygen atoms in total. The van der Waals surface area contributed by atoms with Crippen molar-refractivity contribution in [1.82, 2.24) is 19.5 Å². The molecule has 1 aromatic heterocycles. The Morgan fingerprint density at radius 3 is 2.76 bits per heavy atom. The maximum absolute atomic E-state index is 12.8. The van der Waals surface area contributed by atoms with Crippen LogP contribution in [-0.4, -0.2) is 60.5 Å². The lowest BCUT2D eigenvalue weighted by Gasteiger charge is -2.22. The second-order valence-electron chi connectivity index (χ2n) is 7.12. The summed E-state index contributed by atoms with van der Waals surface area (Å²) in [6.07, 6.45) is 0.792. The predicted molar refractivity (Wildman–Crippen MR) is 107 cm³/mol. The van der Waals surface area contributed by atoms with E-state index in [1.165, 1.54) is 26.2 Å². The lowest BCUT2D eigenvalue weighted by molar-refractivity contribution is -0.124. The van der Waals surface area contributed by atoms with Crippen molar-refractivity contribution >= 4 is 32.7 Å². The zero-order valence-corrected chi connectivity index (χ0v) is 17.1. The molecular formula is C19H21N5O4S. The second kappa shape index (κ2) is 7.12. The van der Waals surface area contributed by atoms with Gasteiger partial charge in [0.1, 0.15) is 11.0 Å². The third kappa shape index (κ3) is 3.34. The van der Waals surface area contributed by atoms with Crippen molar-refractivity contribution in [2.24, 2.45) is 0 Å². The van der Waals surface area contributed by atoms with Gasteiger partial charge < -0.3 is 9.74 Å². The van der Waals surface area contributed by atoms with Crippen LogP contribution in [0.15, 0.2) is 47.4 Å². The van der Waals surface area contributed by atoms with Crippen molar-refractivity contribution in [1.29, 1.82) is 0 Å². The highest BCUT2D eigenvalue weighted by Gasteiger charge is 2.31. The number of hydrogen-bond acceptors (Lipinski definition) is 6. The Morgan fingerprint density at radius 1 is 1.24 bits per heavy atom. The number of benzene rings is 2. The first-order chi connectivity index (χ1) is 13.8. The van der Waals surface area contributed by atoms with Gasteiger partial charge in [-0.2, -0.15) is 0 Å². The van der Waals surface area contributed by atoms with Crippen LogP contribution in [0.2, 0.25) is 0 Å². The molecule has 0 saturated heterocycles. The molecule has 0 aliphatic carbocycles. The standard InChI is InChI=1S/C19H21N5O4S/c1-13-10-14-6-4-5-7-17(14)23(13)19(25)12-28-24-18-11-15(29(26,27)22(2)3)8-9-16(18)20-21-24/h4-9,11,13H,10,12H2,1-3H3/t13-/m1/s1. The summed E-state index contributed by atoms with van der Waals surface area (Å²) in [6, 6.07) is 12.3. The monoisotopic (exact) mass is 415 g/mol. The van der Waals surface area contributed by atoms with Crippen molar-refractivity contribution in [2.75, 3.05) is 25.6 Å². The smallest absolute Gasteiger partial charge is 0.268 e. The number of nitrogens with zero attached hydrogens (tertiary/aromatic N) is 5. The molecule has 2 heterocycles. The Hall–Kier alpha value is -2.98. The molecule has 2 aromatic carbocycles. The molecule has 3 aromatic rings. The fraction of sp³-hybridized carbons (Fsp3) is 0.316. The highest BCUT2D eigenvalue weighted by Crippen LogP contribution is 2.31. The van der Waals surface area contributed by atoms with Gasteiger partial charge in [0.05, 0.1) is 4.90 Å². The van der Waals surface area contributed by atoms with Crippen LogP contribution in [-0.2, 0) is 21.2 Å². The minimum Gasteiger partial charge on any atom is -0.385 e. The van der Waals surface area contributed by atoms with Gasteiger partial charge in [0.2, 0.25) is 10.0 Å². The van der Waals surface area contributed by atoms with Gasteiger partial charge in [-0.15, -0.1) is 5.10 Å². The van der Waals surface area contributed by atoms with E-state index in [9.17, 15) is 13.2 Å². The molecule has 0 N–H and O–H groups in total. The van der Waals surface area contributed by atoms with Gasteiger partial charge in [0, 0.05) is 25.8 Å². The van der Waals surface area contributed by atoms with Crippen LogP contribution < -0.4 is 9.74 Å². The molecule has 1 atom stereocenters. The van der Waals surface area contributed by atoms with Crippen LogP contribution in [0.1, 0.15) is 12.5 Å². The van der Waals surface area contributed by atoms with Crippen molar-refractivity contribution in [2.45, 2.75) is 24.3 Å². The number of anilines is 1. The first-order valence-corrected chi connectivity index (χ1v) is 10.5. The van der Waals surface area contributed by atoms with Crippen molar-refractivity contribution in [3.63, 3.8) is 0 Å². The van der Waals surface area contributed by atoms with E-state index in [0.29, 0.717) is 11.0 Å².